The second-order valence-electron chi connectivity index (χ2n) is 9.32. The van der Waals surface area contributed by atoms with Gasteiger partial charge in [0.15, 0.2) is 0 Å². The van der Waals surface area contributed by atoms with Gasteiger partial charge in [-0.05, 0) is 90.0 Å². The molecule has 0 radical (unpaired) electrons. The number of carbonyl (C=O) groups is 1. The van der Waals surface area contributed by atoms with Crippen molar-refractivity contribution in [1.82, 2.24) is 0 Å². The molecule has 0 aliphatic heterocycles. The molecule has 5 atom stereocenters. The largest absolute Gasteiger partial charge is 0.478 e. The van der Waals surface area contributed by atoms with Crippen LogP contribution in [0.5, 0.6) is 0 Å². The van der Waals surface area contributed by atoms with E-state index in [0.717, 1.165) is 43.2 Å². The lowest BCUT2D eigenvalue weighted by atomic mass is 9.55. The summed E-state index contributed by atoms with van der Waals surface area (Å²) in [6.07, 6.45) is 6.52. The van der Waals surface area contributed by atoms with Gasteiger partial charge in [-0.3, -0.25) is 0 Å². The maximum Gasteiger partial charge on any atom is 0.336 e. The van der Waals surface area contributed by atoms with E-state index in [2.05, 4.69) is 25.1 Å². The highest BCUT2D eigenvalue weighted by Gasteiger charge is 2.54. The maximum atomic E-state index is 11.6. The first-order chi connectivity index (χ1) is 13.5. The number of hydrogen-bond acceptors (Lipinski definition) is 2. The molecule has 5 rings (SSSR count). The average molecular weight is 376 g/mol. The minimum atomic E-state index is -0.875. The van der Waals surface area contributed by atoms with E-state index in [1.807, 2.05) is 12.1 Å². The molecule has 2 N–H and O–H groups in total. The van der Waals surface area contributed by atoms with E-state index in [-0.39, 0.29) is 11.5 Å². The number of hydrogen-bond donors (Lipinski definition) is 2. The molecule has 146 valence electrons. The van der Waals surface area contributed by atoms with Crippen LogP contribution in [-0.2, 0) is 6.42 Å². The molecule has 0 aromatic heterocycles. The Morgan fingerprint density at radius 3 is 2.71 bits per heavy atom. The number of aliphatic hydroxyl groups excluding tert-OH is 1. The summed E-state index contributed by atoms with van der Waals surface area (Å²) >= 11 is 0. The summed E-state index contributed by atoms with van der Waals surface area (Å²) in [4.78, 5) is 11.6. The summed E-state index contributed by atoms with van der Waals surface area (Å²) in [6, 6.07) is 13.9. The van der Waals surface area contributed by atoms with Gasteiger partial charge in [-0.1, -0.05) is 43.3 Å². The molecule has 1 unspecified atom stereocenters. The van der Waals surface area contributed by atoms with E-state index in [1.165, 1.54) is 17.5 Å². The van der Waals surface area contributed by atoms with Crippen LogP contribution in [0.25, 0.3) is 11.1 Å². The number of aliphatic hydroxyl groups is 1. The average Bonchev–Trinajstić information content (AvgIpc) is 3.02. The fourth-order valence-electron chi connectivity index (χ4n) is 6.64. The molecule has 2 fully saturated rings. The first-order valence-corrected chi connectivity index (χ1v) is 10.6. The SMILES string of the molecule is C[C@]12CC[C@@H]3c4ccc(-c5ccccc5C(=O)O)cc4CC[C@H]3[C@@H]1CCC2O. The van der Waals surface area contributed by atoms with Crippen molar-refractivity contribution in [2.24, 2.45) is 17.3 Å². The number of aryl methyl sites for hydroxylation is 1. The van der Waals surface area contributed by atoms with Crippen LogP contribution in [0.15, 0.2) is 42.5 Å². The molecular weight excluding hydrogens is 348 g/mol. The zero-order chi connectivity index (χ0) is 19.5. The zero-order valence-electron chi connectivity index (χ0n) is 16.4. The molecule has 2 saturated carbocycles. The van der Waals surface area contributed by atoms with Crippen LogP contribution >= 0.6 is 0 Å². The molecule has 0 amide bonds. The molecule has 0 saturated heterocycles. The lowest BCUT2D eigenvalue weighted by molar-refractivity contribution is -0.0226. The van der Waals surface area contributed by atoms with Crippen molar-refractivity contribution >= 4 is 5.97 Å². The summed E-state index contributed by atoms with van der Waals surface area (Å²) in [5, 5.41) is 20.1. The Bertz CT molecular complexity index is 933. The van der Waals surface area contributed by atoms with Gasteiger partial charge < -0.3 is 10.2 Å². The van der Waals surface area contributed by atoms with Gasteiger partial charge in [-0.15, -0.1) is 0 Å². The highest BCUT2D eigenvalue weighted by atomic mass is 16.4. The van der Waals surface area contributed by atoms with E-state index in [0.29, 0.717) is 23.3 Å². The Hall–Kier alpha value is -2.13. The monoisotopic (exact) mass is 376 g/mol. The Kier molecular flexibility index (Phi) is 4.13. The summed E-state index contributed by atoms with van der Waals surface area (Å²) in [5.74, 6) is 1.04. The van der Waals surface area contributed by atoms with E-state index >= 15 is 0 Å². The first-order valence-electron chi connectivity index (χ1n) is 10.6. The van der Waals surface area contributed by atoms with E-state index in [1.54, 1.807) is 12.1 Å². The lowest BCUT2D eigenvalue weighted by Gasteiger charge is -2.50. The Balaban J connectivity index is 1.50. The van der Waals surface area contributed by atoms with E-state index in [4.69, 9.17) is 0 Å². The van der Waals surface area contributed by atoms with Crippen molar-refractivity contribution in [3.63, 3.8) is 0 Å². The number of aromatic carboxylic acids is 1. The van der Waals surface area contributed by atoms with Crippen LogP contribution in [0.1, 0.15) is 66.4 Å². The molecule has 0 heterocycles. The van der Waals surface area contributed by atoms with Gasteiger partial charge >= 0.3 is 5.97 Å². The van der Waals surface area contributed by atoms with Gasteiger partial charge in [-0.2, -0.15) is 0 Å². The summed E-state index contributed by atoms with van der Waals surface area (Å²) in [6.45, 7) is 2.31. The minimum absolute atomic E-state index is 0.110. The molecule has 3 aliphatic rings. The van der Waals surface area contributed by atoms with Gasteiger partial charge in [0, 0.05) is 0 Å². The van der Waals surface area contributed by atoms with Crippen LogP contribution in [0.4, 0.5) is 0 Å². The van der Waals surface area contributed by atoms with Crippen molar-refractivity contribution in [2.45, 2.75) is 57.5 Å². The van der Waals surface area contributed by atoms with Gasteiger partial charge in [0.25, 0.3) is 0 Å². The standard InChI is InChI=1S/C25H28O3/c1-25-13-12-19-18-8-6-15(17-4-2-3-5-21(17)24(27)28)14-16(18)7-9-20(19)22(25)10-11-23(25)26/h2-6,8,14,19-20,22-23,26H,7,9-13H2,1H3,(H,27,28)/t19-,20-,22+,23?,25+/m1/s1. The fraction of sp³-hybridized carbons (Fsp3) is 0.480. The van der Waals surface area contributed by atoms with Crippen molar-refractivity contribution < 1.29 is 15.0 Å². The molecule has 2 aromatic rings. The highest BCUT2D eigenvalue weighted by Crippen LogP contribution is 2.60. The molecule has 3 aliphatic carbocycles. The van der Waals surface area contributed by atoms with Crippen LogP contribution in [-0.4, -0.2) is 22.3 Å². The van der Waals surface area contributed by atoms with Crippen molar-refractivity contribution in [2.75, 3.05) is 0 Å². The number of rotatable bonds is 2. The Morgan fingerprint density at radius 2 is 1.89 bits per heavy atom. The van der Waals surface area contributed by atoms with Gasteiger partial charge in [-0.25, -0.2) is 4.79 Å². The second-order valence-corrected chi connectivity index (χ2v) is 9.32. The van der Waals surface area contributed by atoms with Crippen molar-refractivity contribution in [1.29, 1.82) is 0 Å². The quantitative estimate of drug-likeness (QED) is 0.751. The van der Waals surface area contributed by atoms with Gasteiger partial charge in [0.1, 0.15) is 0 Å². The van der Waals surface area contributed by atoms with Crippen LogP contribution in [0, 0.1) is 17.3 Å². The topological polar surface area (TPSA) is 57.5 Å². The van der Waals surface area contributed by atoms with Crippen molar-refractivity contribution in [3.8, 4) is 11.1 Å². The summed E-state index contributed by atoms with van der Waals surface area (Å²) < 4.78 is 0. The zero-order valence-corrected chi connectivity index (χ0v) is 16.4. The smallest absolute Gasteiger partial charge is 0.336 e. The maximum absolute atomic E-state index is 11.6. The Morgan fingerprint density at radius 1 is 1.07 bits per heavy atom. The number of carboxylic acids is 1. The number of fused-ring (bicyclic) bond motifs is 5. The predicted molar refractivity (Wildman–Crippen MR) is 109 cm³/mol. The first kappa shape index (κ1) is 17.9. The molecule has 28 heavy (non-hydrogen) atoms. The van der Waals surface area contributed by atoms with Crippen molar-refractivity contribution in [3.05, 3.63) is 59.2 Å². The molecular formula is C25H28O3. The van der Waals surface area contributed by atoms with E-state index < -0.39 is 5.97 Å². The van der Waals surface area contributed by atoms with Crippen LogP contribution in [0.2, 0.25) is 0 Å². The molecule has 3 nitrogen and oxygen atoms in total. The third-order valence-electron chi connectivity index (χ3n) is 8.14. The highest BCUT2D eigenvalue weighted by molar-refractivity contribution is 5.96. The number of carboxylic acid groups (broad SMARTS) is 1. The fourth-order valence-corrected chi connectivity index (χ4v) is 6.64. The predicted octanol–water partition coefficient (Wildman–Crippen LogP) is 5.27. The third kappa shape index (κ3) is 2.56. The van der Waals surface area contributed by atoms with Crippen LogP contribution < -0.4 is 0 Å². The van der Waals surface area contributed by atoms with E-state index in [9.17, 15) is 15.0 Å². The number of benzene rings is 2. The lowest BCUT2D eigenvalue weighted by Crippen LogP contribution is -2.43. The molecule has 0 spiro atoms. The molecule has 0 bridgehead atoms. The van der Waals surface area contributed by atoms with Gasteiger partial charge in [0.05, 0.1) is 11.7 Å². The normalized spacial score (nSPS) is 33.6. The minimum Gasteiger partial charge on any atom is -0.478 e. The summed E-state index contributed by atoms with van der Waals surface area (Å²) in [5.41, 5.74) is 5.14. The molecule has 2 aromatic carbocycles. The Labute approximate surface area is 166 Å². The van der Waals surface area contributed by atoms with Crippen LogP contribution in [0.3, 0.4) is 0 Å². The van der Waals surface area contributed by atoms with Gasteiger partial charge in [0.2, 0.25) is 0 Å². The molecule has 3 heteroatoms. The second kappa shape index (κ2) is 6.45. The third-order valence-corrected chi connectivity index (χ3v) is 8.14. The summed E-state index contributed by atoms with van der Waals surface area (Å²) in [7, 11) is 0.